The maximum atomic E-state index is 5.78. The fraction of sp³-hybridized carbons (Fsp3) is 0.416. The quantitative estimate of drug-likeness (QED) is 0.166. The highest BCUT2D eigenvalue weighted by Gasteiger charge is 2.43. The van der Waals surface area contributed by atoms with Gasteiger partial charge in [-0.15, -0.1) is 0 Å². The van der Waals surface area contributed by atoms with Gasteiger partial charge in [-0.1, -0.05) is 227 Å². The first kappa shape index (κ1) is 56.7. The largest absolute Gasteiger partial charge is 0.310 e. The molecule has 0 amide bonds. The zero-order chi connectivity index (χ0) is 60.2. The Hall–Kier alpha value is -6.79. The van der Waals surface area contributed by atoms with Crippen LogP contribution in [-0.2, 0) is 43.3 Å². The molecule has 426 valence electrons. The third-order valence-electron chi connectivity index (χ3n) is 18.5. The summed E-state index contributed by atoms with van der Waals surface area (Å²) in [6.07, 6.45) is 0. The molecule has 0 N–H and O–H groups in total. The summed E-state index contributed by atoms with van der Waals surface area (Å²) in [5, 5.41) is 5.27. The van der Waals surface area contributed by atoms with Crippen LogP contribution in [0.3, 0.4) is 0 Å². The lowest BCUT2D eigenvalue weighted by atomic mass is 9.34. The number of fused-ring (bicyclic) bond motifs is 10. The first-order valence-electron chi connectivity index (χ1n) is 30.7. The molecule has 7 aromatic carbocycles. The van der Waals surface area contributed by atoms with Crippen molar-refractivity contribution in [2.45, 2.75) is 209 Å². The average molecular weight is 1100 g/mol. The molecule has 0 fully saturated rings. The van der Waals surface area contributed by atoms with E-state index in [9.17, 15) is 0 Å². The summed E-state index contributed by atoms with van der Waals surface area (Å²) in [6.45, 7) is 56.2. The van der Waals surface area contributed by atoms with Gasteiger partial charge in [0.25, 0.3) is 6.71 Å². The molecule has 6 heteroatoms. The molecule has 3 aromatic heterocycles. The van der Waals surface area contributed by atoms with E-state index in [1.165, 1.54) is 116 Å². The highest BCUT2D eigenvalue weighted by Crippen LogP contribution is 2.48. The molecule has 0 bridgehead atoms. The van der Waals surface area contributed by atoms with Crippen LogP contribution in [0.25, 0.3) is 89.2 Å². The molecule has 2 aliphatic rings. The van der Waals surface area contributed by atoms with Crippen LogP contribution in [0.1, 0.15) is 211 Å². The van der Waals surface area contributed by atoms with Gasteiger partial charge in [0.15, 0.2) is 17.5 Å². The van der Waals surface area contributed by atoms with Gasteiger partial charge in [-0.25, -0.2) is 15.0 Å². The van der Waals surface area contributed by atoms with Crippen LogP contribution in [-0.4, -0.2) is 30.8 Å². The second kappa shape index (κ2) is 17.9. The number of hydrogen-bond acceptors (Lipinski definition) is 3. The van der Waals surface area contributed by atoms with Crippen molar-refractivity contribution in [3.63, 3.8) is 0 Å². The number of rotatable bonds is 3. The molecule has 0 saturated carbocycles. The lowest BCUT2D eigenvalue weighted by Crippen LogP contribution is -2.59. The van der Waals surface area contributed by atoms with Gasteiger partial charge in [0, 0.05) is 60.6 Å². The summed E-state index contributed by atoms with van der Waals surface area (Å²) < 4.78 is 5.32. The van der Waals surface area contributed by atoms with Gasteiger partial charge in [-0.3, -0.25) is 0 Å². The van der Waals surface area contributed by atoms with Crippen molar-refractivity contribution in [3.8, 4) is 45.5 Å². The smallest absolute Gasteiger partial charge is 0.252 e. The number of aromatic nitrogens is 5. The van der Waals surface area contributed by atoms with Crippen molar-refractivity contribution in [1.29, 1.82) is 0 Å². The van der Waals surface area contributed by atoms with Gasteiger partial charge < -0.3 is 9.13 Å². The molecule has 10 aromatic rings. The SMILES string of the molecule is CC(C)(C)c1cc(-c2nc(-c3cc(C(C)(C)C)cc(C(C)(C)C)c3)nc(-c3cc4c5c(c3)-n3c6cc(C(C)(C)C)cc(C(C)(C)C)c6c6cccc(c63)B5c3cccc5c6c(C(C)(C)C)cc(C(C)(C)C)cc6n-4c35)n2)cc(C(C)(C)C)c1. The maximum absolute atomic E-state index is 5.78. The Bertz CT molecular complexity index is 4040. The standard InChI is InChI=1S/C77H90BN5/c1-70(2,3)46-31-43(32-47(37-46)71(4,5)6)67-79-68(44-33-48(72(7,8)9)38-49(34-44)73(10,11)12)81-69(80-67)45-35-60-64-61(36-45)83-59-42-51(75(16,17)18)40-55(77(22,23)24)63(59)53-28-26-30-57(66(53)83)78(64)56-29-25-27-52-62-54(76(19,20)21)39-50(74(13,14)15)41-58(62)82(60)65(52)56/h25-42H,1-24H3. The van der Waals surface area contributed by atoms with Gasteiger partial charge in [0.2, 0.25) is 0 Å². The van der Waals surface area contributed by atoms with E-state index in [0.29, 0.717) is 17.5 Å². The Morgan fingerprint density at radius 2 is 0.602 bits per heavy atom. The third-order valence-corrected chi connectivity index (χ3v) is 18.5. The molecule has 0 spiro atoms. The summed E-state index contributed by atoms with van der Waals surface area (Å²) in [5.41, 5.74) is 23.9. The van der Waals surface area contributed by atoms with E-state index >= 15 is 0 Å². The molecule has 5 nitrogen and oxygen atoms in total. The number of benzene rings is 7. The van der Waals surface area contributed by atoms with Crippen molar-refractivity contribution in [1.82, 2.24) is 24.1 Å². The zero-order valence-corrected chi connectivity index (χ0v) is 54.7. The van der Waals surface area contributed by atoms with E-state index < -0.39 is 0 Å². The first-order valence-corrected chi connectivity index (χ1v) is 30.7. The molecular formula is C77H90BN5. The predicted molar refractivity (Wildman–Crippen MR) is 359 cm³/mol. The van der Waals surface area contributed by atoms with Crippen molar-refractivity contribution < 1.29 is 0 Å². The van der Waals surface area contributed by atoms with E-state index in [-0.39, 0.29) is 50.0 Å². The van der Waals surface area contributed by atoms with Crippen LogP contribution >= 0.6 is 0 Å². The second-order valence-electron chi connectivity index (χ2n) is 33.3. The Labute approximate surface area is 496 Å². The van der Waals surface area contributed by atoms with Crippen LogP contribution in [0.15, 0.2) is 109 Å². The van der Waals surface area contributed by atoms with Crippen LogP contribution in [0.2, 0.25) is 0 Å². The normalized spacial score (nSPS) is 14.2. The second-order valence-corrected chi connectivity index (χ2v) is 33.3. The van der Waals surface area contributed by atoms with Gasteiger partial charge in [-0.05, 0) is 153 Å². The van der Waals surface area contributed by atoms with Crippen molar-refractivity contribution in [3.05, 3.63) is 154 Å². The Morgan fingerprint density at radius 1 is 0.313 bits per heavy atom. The highest BCUT2D eigenvalue weighted by molar-refractivity contribution is 7.00. The van der Waals surface area contributed by atoms with Crippen LogP contribution in [0, 0.1) is 0 Å². The topological polar surface area (TPSA) is 48.5 Å². The summed E-state index contributed by atoms with van der Waals surface area (Å²) in [6, 6.07) is 43.4. The molecule has 0 saturated heterocycles. The average Bonchev–Trinajstić information content (AvgIpc) is 1.72. The van der Waals surface area contributed by atoms with E-state index in [0.717, 1.165) is 16.7 Å². The molecule has 5 heterocycles. The number of para-hydroxylation sites is 2. The molecule has 0 radical (unpaired) electrons. The monoisotopic (exact) mass is 1100 g/mol. The maximum Gasteiger partial charge on any atom is 0.252 e. The first-order chi connectivity index (χ1) is 38.2. The Balaban J connectivity index is 1.29. The molecule has 83 heavy (non-hydrogen) atoms. The molecular weight excluding hydrogens is 1010 g/mol. The van der Waals surface area contributed by atoms with Crippen LogP contribution < -0.4 is 16.4 Å². The summed E-state index contributed by atoms with van der Waals surface area (Å²) >= 11 is 0. The van der Waals surface area contributed by atoms with Gasteiger partial charge in [0.05, 0.1) is 11.0 Å². The lowest BCUT2D eigenvalue weighted by Gasteiger charge is -2.34. The minimum Gasteiger partial charge on any atom is -0.310 e. The van der Waals surface area contributed by atoms with Crippen molar-refractivity contribution in [2.24, 2.45) is 0 Å². The molecule has 0 atom stereocenters. The number of nitrogens with zero attached hydrogens (tertiary/aromatic N) is 5. The molecule has 0 aliphatic carbocycles. The van der Waals surface area contributed by atoms with Gasteiger partial charge in [0.1, 0.15) is 0 Å². The highest BCUT2D eigenvalue weighted by atomic mass is 15.1. The van der Waals surface area contributed by atoms with Crippen molar-refractivity contribution >= 4 is 66.7 Å². The summed E-state index contributed by atoms with van der Waals surface area (Å²) in [4.78, 5) is 17.2. The van der Waals surface area contributed by atoms with E-state index in [1.54, 1.807) is 0 Å². The fourth-order valence-corrected chi connectivity index (χ4v) is 13.4. The minimum atomic E-state index is -0.129. The zero-order valence-electron chi connectivity index (χ0n) is 54.7. The summed E-state index contributed by atoms with van der Waals surface area (Å²) in [7, 11) is 0. The lowest BCUT2D eigenvalue weighted by molar-refractivity contribution is 0.568. The predicted octanol–water partition coefficient (Wildman–Crippen LogP) is 18.6. The Morgan fingerprint density at radius 3 is 0.892 bits per heavy atom. The number of hydrogen-bond donors (Lipinski definition) is 0. The van der Waals surface area contributed by atoms with Gasteiger partial charge >= 0.3 is 0 Å². The van der Waals surface area contributed by atoms with Crippen LogP contribution in [0.5, 0.6) is 0 Å². The van der Waals surface area contributed by atoms with E-state index in [2.05, 4.69) is 284 Å². The molecule has 2 aliphatic heterocycles. The summed E-state index contributed by atoms with van der Waals surface area (Å²) in [5.74, 6) is 2.01. The third kappa shape index (κ3) is 9.21. The Kier molecular flexibility index (Phi) is 12.2. The van der Waals surface area contributed by atoms with E-state index in [4.69, 9.17) is 15.0 Å². The molecule has 12 rings (SSSR count). The van der Waals surface area contributed by atoms with Gasteiger partial charge in [-0.2, -0.15) is 0 Å². The van der Waals surface area contributed by atoms with Crippen LogP contribution in [0.4, 0.5) is 0 Å². The fourth-order valence-electron chi connectivity index (χ4n) is 13.4. The van der Waals surface area contributed by atoms with Crippen molar-refractivity contribution in [2.75, 3.05) is 0 Å². The van der Waals surface area contributed by atoms with E-state index in [1.807, 2.05) is 0 Å². The minimum absolute atomic E-state index is 0.0354. The molecule has 0 unspecified atom stereocenters.